The van der Waals surface area contributed by atoms with Crippen LogP contribution in [0, 0.1) is 5.92 Å². The van der Waals surface area contributed by atoms with Crippen molar-refractivity contribution >= 4 is 0 Å². The van der Waals surface area contributed by atoms with Crippen molar-refractivity contribution in [3.63, 3.8) is 0 Å². The maximum Gasteiger partial charge on any atom is 0.122 e. The molecule has 1 aromatic carbocycles. The number of nitrogens with one attached hydrogen (secondary N) is 1. The highest BCUT2D eigenvalue weighted by atomic mass is 16.5. The lowest BCUT2D eigenvalue weighted by Crippen LogP contribution is -2.42. The van der Waals surface area contributed by atoms with Crippen molar-refractivity contribution in [3.8, 4) is 5.75 Å². The van der Waals surface area contributed by atoms with Crippen molar-refractivity contribution < 1.29 is 4.74 Å². The van der Waals surface area contributed by atoms with Gasteiger partial charge in [-0.15, -0.1) is 0 Å². The summed E-state index contributed by atoms with van der Waals surface area (Å²) in [5.41, 5.74) is 1.34. The van der Waals surface area contributed by atoms with Gasteiger partial charge >= 0.3 is 0 Å². The quantitative estimate of drug-likeness (QED) is 0.784. The van der Waals surface area contributed by atoms with E-state index in [0.717, 1.165) is 18.1 Å². The molecular weight excluding hydrogens is 174 g/mol. The van der Waals surface area contributed by atoms with Crippen LogP contribution in [0.25, 0.3) is 0 Å². The van der Waals surface area contributed by atoms with E-state index in [2.05, 4.69) is 17.4 Å². The number of ether oxygens (including phenoxy) is 1. The molecule has 0 saturated carbocycles. The van der Waals surface area contributed by atoms with Crippen molar-refractivity contribution in [1.29, 1.82) is 0 Å². The molecule has 1 aromatic rings. The monoisotopic (exact) mass is 191 g/mol. The fourth-order valence-electron chi connectivity index (χ4n) is 1.82. The van der Waals surface area contributed by atoms with E-state index in [-0.39, 0.29) is 0 Å². The van der Waals surface area contributed by atoms with Crippen LogP contribution < -0.4 is 10.1 Å². The molecule has 1 fully saturated rings. The molecule has 0 radical (unpaired) electrons. The molecule has 1 aliphatic heterocycles. The van der Waals surface area contributed by atoms with Crippen molar-refractivity contribution in [2.45, 2.75) is 12.8 Å². The first-order valence-corrected chi connectivity index (χ1v) is 5.23. The van der Waals surface area contributed by atoms with Crippen LogP contribution in [0.2, 0.25) is 0 Å². The number of hydrogen-bond donors (Lipinski definition) is 1. The SMILES string of the molecule is COc1ccccc1CCC1CNC1. The Morgan fingerprint density at radius 3 is 2.79 bits per heavy atom. The molecule has 1 aliphatic rings. The van der Waals surface area contributed by atoms with Gasteiger partial charge in [-0.2, -0.15) is 0 Å². The van der Waals surface area contributed by atoms with Gasteiger partial charge in [-0.05, 0) is 43.5 Å². The zero-order valence-electron chi connectivity index (χ0n) is 8.62. The van der Waals surface area contributed by atoms with Gasteiger partial charge in [-0.3, -0.25) is 0 Å². The molecule has 14 heavy (non-hydrogen) atoms. The highest BCUT2D eigenvalue weighted by molar-refractivity contribution is 5.33. The van der Waals surface area contributed by atoms with Crippen LogP contribution in [-0.4, -0.2) is 20.2 Å². The lowest BCUT2D eigenvalue weighted by molar-refractivity contribution is 0.325. The molecule has 0 unspecified atom stereocenters. The van der Waals surface area contributed by atoms with Gasteiger partial charge in [0, 0.05) is 0 Å². The Morgan fingerprint density at radius 1 is 1.36 bits per heavy atom. The van der Waals surface area contributed by atoms with Crippen LogP contribution >= 0.6 is 0 Å². The molecule has 1 saturated heterocycles. The summed E-state index contributed by atoms with van der Waals surface area (Å²) in [6.07, 6.45) is 2.41. The Morgan fingerprint density at radius 2 is 2.14 bits per heavy atom. The molecule has 0 spiro atoms. The first-order chi connectivity index (χ1) is 6.90. The standard InChI is InChI=1S/C12H17NO/c1-14-12-5-3-2-4-11(12)7-6-10-8-13-9-10/h2-5,10,13H,6-9H2,1H3. The predicted molar refractivity (Wildman–Crippen MR) is 57.7 cm³/mol. The number of methoxy groups -OCH3 is 1. The second-order valence-electron chi connectivity index (χ2n) is 3.87. The highest BCUT2D eigenvalue weighted by Gasteiger charge is 2.16. The summed E-state index contributed by atoms with van der Waals surface area (Å²) in [5.74, 6) is 1.90. The minimum Gasteiger partial charge on any atom is -0.496 e. The van der Waals surface area contributed by atoms with Gasteiger partial charge in [-0.25, -0.2) is 0 Å². The maximum absolute atomic E-state index is 5.31. The summed E-state index contributed by atoms with van der Waals surface area (Å²) >= 11 is 0. The summed E-state index contributed by atoms with van der Waals surface area (Å²) in [6, 6.07) is 8.30. The van der Waals surface area contributed by atoms with Gasteiger partial charge in [0.05, 0.1) is 7.11 Å². The van der Waals surface area contributed by atoms with Crippen LogP contribution in [0.5, 0.6) is 5.75 Å². The Kier molecular flexibility index (Phi) is 3.04. The van der Waals surface area contributed by atoms with Gasteiger partial charge in [0.25, 0.3) is 0 Å². The third-order valence-corrected chi connectivity index (χ3v) is 2.88. The number of hydrogen-bond acceptors (Lipinski definition) is 2. The summed E-state index contributed by atoms with van der Waals surface area (Å²) < 4.78 is 5.31. The minimum atomic E-state index is 0.875. The van der Waals surface area contributed by atoms with Crippen LogP contribution in [0.3, 0.4) is 0 Å². The van der Waals surface area contributed by atoms with E-state index in [0.29, 0.717) is 0 Å². The smallest absolute Gasteiger partial charge is 0.122 e. The van der Waals surface area contributed by atoms with E-state index < -0.39 is 0 Å². The average molecular weight is 191 g/mol. The predicted octanol–water partition coefficient (Wildman–Crippen LogP) is 1.85. The summed E-state index contributed by atoms with van der Waals surface area (Å²) in [5, 5.41) is 3.29. The summed E-state index contributed by atoms with van der Waals surface area (Å²) in [4.78, 5) is 0. The van der Waals surface area contributed by atoms with Crippen LogP contribution in [0.4, 0.5) is 0 Å². The van der Waals surface area contributed by atoms with E-state index in [1.54, 1.807) is 7.11 Å². The fraction of sp³-hybridized carbons (Fsp3) is 0.500. The zero-order valence-corrected chi connectivity index (χ0v) is 8.62. The van der Waals surface area contributed by atoms with Gasteiger partial charge in [0.2, 0.25) is 0 Å². The Bertz CT molecular complexity index is 294. The Hall–Kier alpha value is -1.02. The first kappa shape index (κ1) is 9.53. The zero-order chi connectivity index (χ0) is 9.80. The first-order valence-electron chi connectivity index (χ1n) is 5.23. The molecule has 1 heterocycles. The summed E-state index contributed by atoms with van der Waals surface area (Å²) in [6.45, 7) is 2.38. The Balaban J connectivity index is 1.93. The number of aryl methyl sites for hydroxylation is 1. The van der Waals surface area contributed by atoms with Gasteiger partial charge < -0.3 is 10.1 Å². The number of rotatable bonds is 4. The minimum absolute atomic E-state index is 0.875. The molecule has 0 aliphatic carbocycles. The van der Waals surface area contributed by atoms with Gasteiger partial charge in [0.1, 0.15) is 5.75 Å². The van der Waals surface area contributed by atoms with Gasteiger partial charge in [0.15, 0.2) is 0 Å². The Labute approximate surface area is 85.3 Å². The fourth-order valence-corrected chi connectivity index (χ4v) is 1.82. The average Bonchev–Trinajstić information content (AvgIpc) is 2.16. The highest BCUT2D eigenvalue weighted by Crippen LogP contribution is 2.21. The number of benzene rings is 1. The molecule has 2 nitrogen and oxygen atoms in total. The third kappa shape index (κ3) is 2.07. The largest absolute Gasteiger partial charge is 0.496 e. The van der Waals surface area contributed by atoms with Crippen molar-refractivity contribution in [2.24, 2.45) is 5.92 Å². The van der Waals surface area contributed by atoms with E-state index in [4.69, 9.17) is 4.74 Å². The number of para-hydroxylation sites is 1. The molecule has 0 aromatic heterocycles. The second-order valence-corrected chi connectivity index (χ2v) is 3.87. The molecule has 76 valence electrons. The second kappa shape index (κ2) is 4.47. The van der Waals surface area contributed by atoms with Crippen molar-refractivity contribution in [2.75, 3.05) is 20.2 Å². The van der Waals surface area contributed by atoms with Crippen LogP contribution in [0.1, 0.15) is 12.0 Å². The molecule has 0 bridgehead atoms. The summed E-state index contributed by atoms with van der Waals surface area (Å²) in [7, 11) is 1.74. The third-order valence-electron chi connectivity index (χ3n) is 2.88. The topological polar surface area (TPSA) is 21.3 Å². The molecule has 1 N–H and O–H groups in total. The van der Waals surface area contributed by atoms with Crippen LogP contribution in [-0.2, 0) is 6.42 Å². The van der Waals surface area contributed by atoms with Crippen LogP contribution in [0.15, 0.2) is 24.3 Å². The molecule has 2 heteroatoms. The van der Waals surface area contributed by atoms with Crippen molar-refractivity contribution in [1.82, 2.24) is 5.32 Å². The van der Waals surface area contributed by atoms with Gasteiger partial charge in [-0.1, -0.05) is 18.2 Å². The van der Waals surface area contributed by atoms with E-state index in [9.17, 15) is 0 Å². The molecule has 0 atom stereocenters. The lowest BCUT2D eigenvalue weighted by atomic mass is 9.94. The maximum atomic E-state index is 5.31. The molecule has 2 rings (SSSR count). The van der Waals surface area contributed by atoms with E-state index in [1.807, 2.05) is 12.1 Å². The molecule has 0 amide bonds. The normalized spacial score (nSPS) is 16.4. The lowest BCUT2D eigenvalue weighted by Gasteiger charge is -2.27. The van der Waals surface area contributed by atoms with E-state index >= 15 is 0 Å². The van der Waals surface area contributed by atoms with Crippen molar-refractivity contribution in [3.05, 3.63) is 29.8 Å². The molecular formula is C12H17NO. The van der Waals surface area contributed by atoms with E-state index in [1.165, 1.54) is 25.1 Å².